The number of rotatable bonds is 7. The van der Waals surface area contributed by atoms with Crippen molar-refractivity contribution in [1.29, 1.82) is 0 Å². The topological polar surface area (TPSA) is 141 Å². The Bertz CT molecular complexity index is 1480. The molecule has 2 aromatic heterocycles. The number of hydrazine groups is 1. The van der Waals surface area contributed by atoms with Crippen molar-refractivity contribution in [3.05, 3.63) is 59.9 Å². The number of aromatic nitrogens is 3. The quantitative estimate of drug-likeness (QED) is 0.443. The number of sulfone groups is 1. The number of benzene rings is 1. The summed E-state index contributed by atoms with van der Waals surface area (Å²) < 4.78 is 44.6. The second kappa shape index (κ2) is 10.7. The maximum atomic E-state index is 14.9. The third-order valence-electron chi connectivity index (χ3n) is 6.56. The molecule has 0 spiro atoms. The summed E-state index contributed by atoms with van der Waals surface area (Å²) in [6, 6.07) is 6.96. The Morgan fingerprint density at radius 2 is 1.95 bits per heavy atom. The summed E-state index contributed by atoms with van der Waals surface area (Å²) in [5.41, 5.74) is 1.61. The summed E-state index contributed by atoms with van der Waals surface area (Å²) in [7, 11) is -3.60. The lowest BCUT2D eigenvalue weighted by Gasteiger charge is -2.32. The monoisotopic (exact) mass is 557 g/mol. The number of carbonyl (C=O) groups is 1. The SMILES string of the molecule is CCNc1ccc(C(=O)N2CCC(Oc3ncnc4c3CN(O)N4c3ccc(S(C)(=O)=O)cc3F)CC2)nc1. The number of fused-ring (bicyclic) bond motifs is 1. The van der Waals surface area contributed by atoms with E-state index in [4.69, 9.17) is 4.74 Å². The first-order valence-corrected chi connectivity index (χ1v) is 14.3. The molecule has 2 N–H and O–H groups in total. The molecule has 0 saturated carbocycles. The maximum absolute atomic E-state index is 14.9. The Morgan fingerprint density at radius 3 is 2.59 bits per heavy atom. The fourth-order valence-electron chi connectivity index (χ4n) is 4.59. The predicted octanol–water partition coefficient (Wildman–Crippen LogP) is 2.79. The molecular formula is C25H28FN7O5S. The molecule has 0 atom stereocenters. The summed E-state index contributed by atoms with van der Waals surface area (Å²) in [4.78, 5) is 27.1. The minimum atomic E-state index is -3.60. The van der Waals surface area contributed by atoms with Gasteiger partial charge in [0.2, 0.25) is 5.88 Å². The molecule has 4 heterocycles. The Morgan fingerprint density at radius 1 is 1.18 bits per heavy atom. The van der Waals surface area contributed by atoms with Gasteiger partial charge < -0.3 is 15.0 Å². The van der Waals surface area contributed by atoms with Crippen LogP contribution in [0.5, 0.6) is 5.88 Å². The molecule has 1 aromatic carbocycles. The highest BCUT2D eigenvalue weighted by Gasteiger charge is 2.35. The third-order valence-corrected chi connectivity index (χ3v) is 7.67. The van der Waals surface area contributed by atoms with Crippen molar-refractivity contribution in [3.63, 3.8) is 0 Å². The second-order valence-electron chi connectivity index (χ2n) is 9.28. The van der Waals surface area contributed by atoms with Crippen LogP contribution in [0.15, 0.2) is 47.8 Å². The van der Waals surface area contributed by atoms with Crippen LogP contribution < -0.4 is 15.1 Å². The first-order valence-electron chi connectivity index (χ1n) is 12.4. The minimum Gasteiger partial charge on any atom is -0.474 e. The molecule has 0 bridgehead atoms. The van der Waals surface area contributed by atoms with Gasteiger partial charge in [-0.2, -0.15) is 0 Å². The van der Waals surface area contributed by atoms with Gasteiger partial charge in [-0.25, -0.2) is 32.8 Å². The van der Waals surface area contributed by atoms with Crippen molar-refractivity contribution in [2.45, 2.75) is 37.3 Å². The Labute approximate surface area is 224 Å². The van der Waals surface area contributed by atoms with Crippen molar-refractivity contribution in [2.75, 3.05) is 36.2 Å². The van der Waals surface area contributed by atoms with Gasteiger partial charge in [0, 0.05) is 38.7 Å². The van der Waals surface area contributed by atoms with E-state index in [0.29, 0.717) is 37.2 Å². The molecule has 12 nitrogen and oxygen atoms in total. The van der Waals surface area contributed by atoms with E-state index in [1.807, 2.05) is 13.0 Å². The molecule has 0 unspecified atom stereocenters. The molecule has 1 fully saturated rings. The molecule has 2 aliphatic rings. The van der Waals surface area contributed by atoms with E-state index in [1.54, 1.807) is 17.2 Å². The highest BCUT2D eigenvalue weighted by molar-refractivity contribution is 7.90. The summed E-state index contributed by atoms with van der Waals surface area (Å²) in [5.74, 6) is -0.517. The van der Waals surface area contributed by atoms with Crippen LogP contribution in [0.4, 0.5) is 21.6 Å². The number of hydrogen-bond donors (Lipinski definition) is 2. The second-order valence-corrected chi connectivity index (χ2v) is 11.3. The van der Waals surface area contributed by atoms with Crippen molar-refractivity contribution in [1.82, 2.24) is 25.0 Å². The molecular weight excluding hydrogens is 529 g/mol. The van der Waals surface area contributed by atoms with E-state index in [1.165, 1.54) is 18.5 Å². The van der Waals surface area contributed by atoms with Gasteiger partial charge in [-0.3, -0.25) is 10.0 Å². The molecule has 0 aliphatic carbocycles. The van der Waals surface area contributed by atoms with Crippen molar-refractivity contribution in [2.24, 2.45) is 0 Å². The lowest BCUT2D eigenvalue weighted by Crippen LogP contribution is -2.42. The fourth-order valence-corrected chi connectivity index (χ4v) is 5.22. The van der Waals surface area contributed by atoms with Gasteiger partial charge in [-0.1, -0.05) is 5.17 Å². The van der Waals surface area contributed by atoms with Gasteiger partial charge >= 0.3 is 0 Å². The van der Waals surface area contributed by atoms with Crippen LogP contribution in [-0.4, -0.2) is 76.6 Å². The van der Waals surface area contributed by atoms with Gasteiger partial charge in [-0.05, 0) is 37.3 Å². The zero-order valence-corrected chi connectivity index (χ0v) is 22.2. The highest BCUT2D eigenvalue weighted by atomic mass is 32.2. The van der Waals surface area contributed by atoms with Crippen molar-refractivity contribution in [3.8, 4) is 5.88 Å². The summed E-state index contributed by atoms with van der Waals surface area (Å²) in [5, 5.41) is 15.6. The first-order chi connectivity index (χ1) is 18.7. The smallest absolute Gasteiger partial charge is 0.272 e. The zero-order chi connectivity index (χ0) is 27.7. The molecule has 0 radical (unpaired) electrons. The molecule has 14 heteroatoms. The average Bonchev–Trinajstić information content (AvgIpc) is 3.25. The number of halogens is 1. The Kier molecular flexibility index (Phi) is 7.34. The number of anilines is 3. The molecule has 1 amide bonds. The molecule has 3 aromatic rings. The number of nitrogens with one attached hydrogen (secondary N) is 1. The van der Waals surface area contributed by atoms with Gasteiger partial charge in [0.1, 0.15) is 23.9 Å². The number of likely N-dealkylation sites (tertiary alicyclic amines) is 1. The first kappa shape index (κ1) is 26.7. The van der Waals surface area contributed by atoms with Crippen molar-refractivity contribution < 1.29 is 27.5 Å². The number of piperidine rings is 1. The lowest BCUT2D eigenvalue weighted by atomic mass is 10.1. The van der Waals surface area contributed by atoms with Gasteiger partial charge in [0.05, 0.1) is 34.6 Å². The fraction of sp³-hybridized carbons (Fsp3) is 0.360. The van der Waals surface area contributed by atoms with Gasteiger partial charge in [-0.15, -0.1) is 0 Å². The number of amides is 1. The van der Waals surface area contributed by atoms with E-state index in [2.05, 4.69) is 20.3 Å². The normalized spacial score (nSPS) is 16.3. The van der Waals surface area contributed by atoms with Gasteiger partial charge in [0.15, 0.2) is 15.7 Å². The largest absolute Gasteiger partial charge is 0.474 e. The zero-order valence-electron chi connectivity index (χ0n) is 21.4. The van der Waals surface area contributed by atoms with Crippen LogP contribution in [0, 0.1) is 5.82 Å². The van der Waals surface area contributed by atoms with Crippen LogP contribution in [0.2, 0.25) is 0 Å². The number of hydrogen-bond acceptors (Lipinski definition) is 11. The minimum absolute atomic E-state index is 0.0648. The summed E-state index contributed by atoms with van der Waals surface area (Å²) in [6.45, 7) is 3.64. The van der Waals surface area contributed by atoms with Crippen LogP contribution in [0.25, 0.3) is 0 Å². The standard InChI is InChI=1S/C25H28FN7O5S/c1-3-27-16-4-6-21(28-13-16)25(34)31-10-8-17(9-11-31)38-24-19-14-32(35)33(23(19)29-15-30-24)22-7-5-18(12-20(22)26)39(2,36)37/h4-7,12-13,15,17,27,35H,3,8-11,14H2,1-2H3. The third kappa shape index (κ3) is 5.48. The molecule has 39 heavy (non-hydrogen) atoms. The average molecular weight is 558 g/mol. The van der Waals surface area contributed by atoms with Crippen LogP contribution in [0.1, 0.15) is 35.8 Å². The van der Waals surface area contributed by atoms with E-state index < -0.39 is 15.7 Å². The van der Waals surface area contributed by atoms with Gasteiger partial charge in [0.25, 0.3) is 5.91 Å². The van der Waals surface area contributed by atoms with E-state index in [0.717, 1.165) is 34.7 Å². The lowest BCUT2D eigenvalue weighted by molar-refractivity contribution is -0.0919. The highest BCUT2D eigenvalue weighted by Crippen LogP contribution is 2.40. The summed E-state index contributed by atoms with van der Waals surface area (Å²) in [6.07, 6.45) is 4.78. The number of nitrogens with zero attached hydrogens (tertiary/aromatic N) is 6. The maximum Gasteiger partial charge on any atom is 0.272 e. The van der Waals surface area contributed by atoms with E-state index >= 15 is 0 Å². The predicted molar refractivity (Wildman–Crippen MR) is 139 cm³/mol. The van der Waals surface area contributed by atoms with Crippen LogP contribution in [0.3, 0.4) is 0 Å². The Balaban J connectivity index is 1.27. The number of ether oxygens (including phenoxy) is 1. The van der Waals surface area contributed by atoms with Crippen molar-refractivity contribution >= 4 is 32.9 Å². The molecule has 206 valence electrons. The van der Waals surface area contributed by atoms with Crippen LogP contribution >= 0.6 is 0 Å². The van der Waals surface area contributed by atoms with E-state index in [-0.39, 0.29) is 40.8 Å². The summed E-state index contributed by atoms with van der Waals surface area (Å²) >= 11 is 0. The molecule has 2 aliphatic heterocycles. The van der Waals surface area contributed by atoms with Crippen LogP contribution in [-0.2, 0) is 16.4 Å². The number of carbonyl (C=O) groups excluding carboxylic acids is 1. The molecule has 5 rings (SSSR count). The van der Waals surface area contributed by atoms with E-state index in [9.17, 15) is 22.8 Å². The number of hydroxylamine groups is 1. The molecule has 1 saturated heterocycles. The number of pyridine rings is 1. The Hall–Kier alpha value is -3.88.